The number of amidine groups is 1. The number of hydrogen-bond acceptors (Lipinski definition) is 7. The Bertz CT molecular complexity index is 1320. The van der Waals surface area contributed by atoms with Gasteiger partial charge in [0.05, 0.1) is 39.2 Å². The molecule has 4 rings (SSSR count). The lowest BCUT2D eigenvalue weighted by molar-refractivity contribution is -0.129. The molecule has 1 unspecified atom stereocenters. The van der Waals surface area contributed by atoms with E-state index in [-0.39, 0.29) is 24.8 Å². The number of aliphatic imine (C=N–C) groups is 1. The SMILES string of the molecule is COc1ccccc1NC(=O)C1CC(=O)N(Cc2ccc(OC)c(OC)c2)C(=Nc2ccc(F)cc2)S1. The number of halogens is 1. The summed E-state index contributed by atoms with van der Waals surface area (Å²) in [7, 11) is 4.60. The first-order chi connectivity index (χ1) is 17.9. The fourth-order valence-electron chi connectivity index (χ4n) is 3.75. The van der Waals surface area contributed by atoms with Crippen LogP contribution < -0.4 is 19.5 Å². The highest BCUT2D eigenvalue weighted by Gasteiger charge is 2.36. The molecular weight excluding hydrogens is 497 g/mol. The average molecular weight is 524 g/mol. The summed E-state index contributed by atoms with van der Waals surface area (Å²) in [5, 5.41) is 2.45. The molecule has 37 heavy (non-hydrogen) atoms. The molecule has 1 saturated heterocycles. The second kappa shape index (κ2) is 11.8. The van der Waals surface area contributed by atoms with Gasteiger partial charge in [-0.15, -0.1) is 0 Å². The van der Waals surface area contributed by atoms with Gasteiger partial charge in [0.1, 0.15) is 16.8 Å². The maximum Gasteiger partial charge on any atom is 0.238 e. The largest absolute Gasteiger partial charge is 0.495 e. The van der Waals surface area contributed by atoms with Crippen LogP contribution in [-0.4, -0.2) is 48.5 Å². The minimum atomic E-state index is -0.724. The van der Waals surface area contributed by atoms with Crippen molar-refractivity contribution in [2.45, 2.75) is 18.2 Å². The van der Waals surface area contributed by atoms with Crippen LogP contribution in [0.15, 0.2) is 71.7 Å². The van der Waals surface area contributed by atoms with Crippen molar-refractivity contribution in [3.8, 4) is 17.2 Å². The Balaban J connectivity index is 1.62. The highest BCUT2D eigenvalue weighted by molar-refractivity contribution is 8.15. The van der Waals surface area contributed by atoms with Crippen LogP contribution >= 0.6 is 11.8 Å². The van der Waals surface area contributed by atoms with E-state index < -0.39 is 11.1 Å². The van der Waals surface area contributed by atoms with Gasteiger partial charge in [-0.3, -0.25) is 14.5 Å². The zero-order valence-electron chi connectivity index (χ0n) is 20.6. The van der Waals surface area contributed by atoms with Gasteiger partial charge in [0, 0.05) is 6.42 Å². The number of carbonyl (C=O) groups is 2. The maximum absolute atomic E-state index is 13.5. The Morgan fingerprint density at radius 3 is 2.41 bits per heavy atom. The van der Waals surface area contributed by atoms with E-state index in [0.717, 1.165) is 5.56 Å². The van der Waals surface area contributed by atoms with E-state index in [2.05, 4.69) is 10.3 Å². The number of benzene rings is 3. The predicted molar refractivity (Wildman–Crippen MR) is 141 cm³/mol. The molecular formula is C27H26FN3O5S. The van der Waals surface area contributed by atoms with Crippen molar-refractivity contribution in [2.24, 2.45) is 4.99 Å². The number of thioether (sulfide) groups is 1. The first kappa shape index (κ1) is 26.0. The zero-order valence-corrected chi connectivity index (χ0v) is 21.4. The molecule has 3 aromatic rings. The number of carbonyl (C=O) groups excluding carboxylic acids is 2. The van der Waals surface area contributed by atoms with Crippen LogP contribution in [0.2, 0.25) is 0 Å². The van der Waals surface area contributed by atoms with Crippen molar-refractivity contribution < 1.29 is 28.2 Å². The number of hydrogen-bond donors (Lipinski definition) is 1. The van der Waals surface area contributed by atoms with E-state index in [9.17, 15) is 14.0 Å². The third kappa shape index (κ3) is 6.21. The lowest BCUT2D eigenvalue weighted by Crippen LogP contribution is -2.44. The number of nitrogens with one attached hydrogen (secondary N) is 1. The van der Waals surface area contributed by atoms with Crippen molar-refractivity contribution in [1.82, 2.24) is 4.90 Å². The summed E-state index contributed by atoms with van der Waals surface area (Å²) in [5.41, 5.74) is 1.75. The molecule has 1 aliphatic rings. The fourth-order valence-corrected chi connectivity index (χ4v) is 4.84. The van der Waals surface area contributed by atoms with Gasteiger partial charge in [0.2, 0.25) is 11.8 Å². The Kier molecular flexibility index (Phi) is 8.29. The lowest BCUT2D eigenvalue weighted by atomic mass is 10.1. The smallest absolute Gasteiger partial charge is 0.238 e. The molecule has 2 amide bonds. The van der Waals surface area contributed by atoms with E-state index >= 15 is 0 Å². The third-order valence-electron chi connectivity index (χ3n) is 5.64. The van der Waals surface area contributed by atoms with Crippen LogP contribution in [0.4, 0.5) is 15.8 Å². The molecule has 0 spiro atoms. The molecule has 1 fully saturated rings. The summed E-state index contributed by atoms with van der Waals surface area (Å²) in [6.45, 7) is 0.201. The van der Waals surface area contributed by atoms with Gasteiger partial charge >= 0.3 is 0 Å². The number of ether oxygens (including phenoxy) is 3. The van der Waals surface area contributed by atoms with Crippen molar-refractivity contribution in [2.75, 3.05) is 26.6 Å². The van der Waals surface area contributed by atoms with Crippen molar-refractivity contribution in [1.29, 1.82) is 0 Å². The number of rotatable bonds is 8. The number of anilines is 1. The standard InChI is InChI=1S/C27H26FN3O5S/c1-34-21-7-5-4-6-20(21)30-26(33)24-15-25(32)31(16-17-8-13-22(35-2)23(14-17)36-3)27(37-24)29-19-11-9-18(28)10-12-19/h4-14,24H,15-16H2,1-3H3,(H,30,33). The molecule has 0 bridgehead atoms. The third-order valence-corrected chi connectivity index (χ3v) is 6.82. The van der Waals surface area contributed by atoms with Crippen molar-refractivity contribution in [3.63, 3.8) is 0 Å². The number of methoxy groups -OCH3 is 3. The number of para-hydroxylation sites is 2. The maximum atomic E-state index is 13.5. The first-order valence-corrected chi connectivity index (χ1v) is 12.3. The Hall–Kier alpha value is -4.05. The highest BCUT2D eigenvalue weighted by atomic mass is 32.2. The normalized spacial score (nSPS) is 16.4. The first-order valence-electron chi connectivity index (χ1n) is 11.4. The number of nitrogens with zero attached hydrogens (tertiary/aromatic N) is 2. The van der Waals surface area contributed by atoms with Gasteiger partial charge in [-0.2, -0.15) is 0 Å². The second-order valence-corrected chi connectivity index (χ2v) is 9.21. The van der Waals surface area contributed by atoms with Gasteiger partial charge in [-0.25, -0.2) is 9.38 Å². The van der Waals surface area contributed by atoms with E-state index in [1.165, 1.54) is 55.1 Å². The van der Waals surface area contributed by atoms with Gasteiger partial charge < -0.3 is 19.5 Å². The zero-order chi connectivity index (χ0) is 26.4. The molecule has 0 aliphatic carbocycles. The van der Waals surface area contributed by atoms with Crippen LogP contribution in [0.5, 0.6) is 17.2 Å². The molecule has 0 saturated carbocycles. The van der Waals surface area contributed by atoms with Crippen LogP contribution in [-0.2, 0) is 16.1 Å². The monoisotopic (exact) mass is 523 g/mol. The molecule has 10 heteroatoms. The quantitative estimate of drug-likeness (QED) is 0.446. The molecule has 1 N–H and O–H groups in total. The molecule has 1 heterocycles. The predicted octanol–water partition coefficient (Wildman–Crippen LogP) is 5.01. The van der Waals surface area contributed by atoms with Gasteiger partial charge in [-0.1, -0.05) is 30.0 Å². The van der Waals surface area contributed by atoms with Gasteiger partial charge in [0.15, 0.2) is 16.7 Å². The Labute approximate surface area is 218 Å². The number of amides is 2. The Morgan fingerprint density at radius 2 is 1.70 bits per heavy atom. The molecule has 192 valence electrons. The van der Waals surface area contributed by atoms with E-state index in [4.69, 9.17) is 14.2 Å². The van der Waals surface area contributed by atoms with Crippen molar-refractivity contribution in [3.05, 3.63) is 78.1 Å². The van der Waals surface area contributed by atoms with Crippen LogP contribution in [0.25, 0.3) is 0 Å². The minimum absolute atomic E-state index is 0.0264. The summed E-state index contributed by atoms with van der Waals surface area (Å²) in [5.74, 6) is 0.600. The topological polar surface area (TPSA) is 89.5 Å². The highest BCUT2D eigenvalue weighted by Crippen LogP contribution is 2.34. The minimum Gasteiger partial charge on any atom is -0.495 e. The molecule has 0 radical (unpaired) electrons. The average Bonchev–Trinajstić information content (AvgIpc) is 2.91. The summed E-state index contributed by atoms with van der Waals surface area (Å²) >= 11 is 1.17. The van der Waals surface area contributed by atoms with E-state index in [1.807, 2.05) is 6.07 Å². The summed E-state index contributed by atoms with van der Waals surface area (Å²) in [6, 6.07) is 18.0. The Morgan fingerprint density at radius 1 is 1.00 bits per heavy atom. The van der Waals surface area contributed by atoms with Gasteiger partial charge in [-0.05, 0) is 54.1 Å². The van der Waals surface area contributed by atoms with Crippen molar-refractivity contribution >= 4 is 40.1 Å². The molecule has 8 nitrogen and oxygen atoms in total. The summed E-state index contributed by atoms with van der Waals surface area (Å²) in [6.07, 6.45) is -0.0264. The van der Waals surface area contributed by atoms with E-state index in [1.54, 1.807) is 43.5 Å². The van der Waals surface area contributed by atoms with Crippen LogP contribution in [0.1, 0.15) is 12.0 Å². The molecule has 1 aliphatic heterocycles. The molecule has 0 aromatic heterocycles. The van der Waals surface area contributed by atoms with Crippen LogP contribution in [0.3, 0.4) is 0 Å². The van der Waals surface area contributed by atoms with Crippen LogP contribution in [0, 0.1) is 5.82 Å². The molecule has 3 aromatic carbocycles. The lowest BCUT2D eigenvalue weighted by Gasteiger charge is -2.32. The van der Waals surface area contributed by atoms with Gasteiger partial charge in [0.25, 0.3) is 0 Å². The fraction of sp³-hybridized carbons (Fsp3) is 0.222. The van der Waals surface area contributed by atoms with E-state index in [0.29, 0.717) is 33.8 Å². The molecule has 1 atom stereocenters. The second-order valence-electron chi connectivity index (χ2n) is 8.04. The summed E-state index contributed by atoms with van der Waals surface area (Å²) < 4.78 is 29.5. The summed E-state index contributed by atoms with van der Waals surface area (Å²) in [4.78, 5) is 32.6.